The number of anilines is 1. The highest BCUT2D eigenvalue weighted by atomic mass is 79.9. The summed E-state index contributed by atoms with van der Waals surface area (Å²) in [5.41, 5.74) is 1.03. The summed E-state index contributed by atoms with van der Waals surface area (Å²) in [6, 6.07) is 8.62. The van der Waals surface area contributed by atoms with Gasteiger partial charge in [-0.1, -0.05) is 27.5 Å². The van der Waals surface area contributed by atoms with Crippen molar-refractivity contribution in [2.45, 2.75) is 6.54 Å². The molecule has 0 bridgehead atoms. The van der Waals surface area contributed by atoms with E-state index in [9.17, 15) is 14.5 Å². The van der Waals surface area contributed by atoms with Crippen LogP contribution in [0.25, 0.3) is 0 Å². The molecule has 0 fully saturated rings. The molecule has 0 amide bonds. The molecule has 7 heteroatoms. The van der Waals surface area contributed by atoms with Crippen molar-refractivity contribution in [3.8, 4) is 0 Å². The molecular weight excluding hydrogens is 351 g/mol. The molecule has 0 atom stereocenters. The molecule has 0 heterocycles. The lowest BCUT2D eigenvalue weighted by molar-refractivity contribution is -0.385. The van der Waals surface area contributed by atoms with Crippen LogP contribution in [0.15, 0.2) is 40.9 Å². The number of benzene rings is 2. The van der Waals surface area contributed by atoms with Crippen molar-refractivity contribution >= 4 is 38.9 Å². The molecule has 104 valence electrons. The molecule has 2 aromatic rings. The topological polar surface area (TPSA) is 55.2 Å². The van der Waals surface area contributed by atoms with E-state index >= 15 is 0 Å². The second-order valence-electron chi connectivity index (χ2n) is 4.01. The van der Waals surface area contributed by atoms with Crippen molar-refractivity contribution < 1.29 is 9.31 Å². The summed E-state index contributed by atoms with van der Waals surface area (Å²) in [5.74, 6) is -0.436. The molecular formula is C13H9BrClFN2O2. The zero-order valence-corrected chi connectivity index (χ0v) is 12.4. The van der Waals surface area contributed by atoms with E-state index < -0.39 is 10.7 Å². The predicted molar refractivity (Wildman–Crippen MR) is 79.5 cm³/mol. The van der Waals surface area contributed by atoms with Crippen LogP contribution in [-0.4, -0.2) is 4.92 Å². The first-order valence-electron chi connectivity index (χ1n) is 5.59. The van der Waals surface area contributed by atoms with Gasteiger partial charge in [-0.25, -0.2) is 4.39 Å². The van der Waals surface area contributed by atoms with Gasteiger partial charge in [0, 0.05) is 22.6 Å². The number of halogens is 3. The first kappa shape index (κ1) is 14.7. The Labute approximate surface area is 127 Å². The Hall–Kier alpha value is -1.66. The minimum atomic E-state index is -0.449. The van der Waals surface area contributed by atoms with Gasteiger partial charge >= 0.3 is 0 Å². The Balaban J connectivity index is 2.22. The second kappa shape index (κ2) is 6.19. The van der Waals surface area contributed by atoms with E-state index in [1.54, 1.807) is 12.1 Å². The maximum Gasteiger partial charge on any atom is 0.274 e. The fraction of sp³-hybridized carbons (Fsp3) is 0.0769. The largest absolute Gasteiger partial charge is 0.379 e. The smallest absolute Gasteiger partial charge is 0.274 e. The van der Waals surface area contributed by atoms with E-state index in [0.29, 0.717) is 11.3 Å². The molecule has 2 aromatic carbocycles. The van der Waals surface area contributed by atoms with Gasteiger partial charge in [-0.3, -0.25) is 10.1 Å². The summed E-state index contributed by atoms with van der Waals surface area (Å²) in [5, 5.41) is 14.1. The number of hydrogen-bond acceptors (Lipinski definition) is 3. The number of nitro benzene ring substituents is 1. The van der Waals surface area contributed by atoms with Crippen LogP contribution in [-0.2, 0) is 6.54 Å². The molecule has 0 aliphatic carbocycles. The van der Waals surface area contributed by atoms with Gasteiger partial charge in [-0.05, 0) is 30.3 Å². The van der Waals surface area contributed by atoms with Crippen molar-refractivity contribution in [1.29, 1.82) is 0 Å². The summed E-state index contributed by atoms with van der Waals surface area (Å²) in [6.45, 7) is 0.209. The van der Waals surface area contributed by atoms with Gasteiger partial charge in [0.25, 0.3) is 5.69 Å². The van der Waals surface area contributed by atoms with Crippen LogP contribution >= 0.6 is 27.5 Å². The third-order valence-corrected chi connectivity index (χ3v) is 3.44. The highest BCUT2D eigenvalue weighted by Crippen LogP contribution is 2.26. The first-order valence-corrected chi connectivity index (χ1v) is 6.76. The van der Waals surface area contributed by atoms with Gasteiger partial charge in [0.1, 0.15) is 5.82 Å². The Morgan fingerprint density at radius 3 is 2.70 bits per heavy atom. The fourth-order valence-corrected chi connectivity index (χ4v) is 2.34. The van der Waals surface area contributed by atoms with Crippen LogP contribution in [0, 0.1) is 15.9 Å². The highest BCUT2D eigenvalue weighted by Gasteiger charge is 2.14. The Kier molecular flexibility index (Phi) is 4.57. The molecule has 0 radical (unpaired) electrons. The number of nitrogens with zero attached hydrogens (tertiary/aromatic N) is 1. The summed E-state index contributed by atoms with van der Waals surface area (Å²) in [6.07, 6.45) is 0. The lowest BCUT2D eigenvalue weighted by Crippen LogP contribution is -2.03. The van der Waals surface area contributed by atoms with Crippen LogP contribution in [0.1, 0.15) is 5.56 Å². The van der Waals surface area contributed by atoms with Gasteiger partial charge < -0.3 is 5.32 Å². The van der Waals surface area contributed by atoms with Crippen molar-refractivity contribution in [3.05, 3.63) is 67.4 Å². The van der Waals surface area contributed by atoms with Crippen LogP contribution in [0.5, 0.6) is 0 Å². The molecule has 0 aromatic heterocycles. The maximum atomic E-state index is 12.9. The third-order valence-electron chi connectivity index (χ3n) is 2.64. The van der Waals surface area contributed by atoms with E-state index in [1.165, 1.54) is 24.3 Å². The minimum Gasteiger partial charge on any atom is -0.379 e. The SMILES string of the molecule is O=[N+]([O-])c1ccc(Br)cc1CNc1ccc(F)cc1Cl. The van der Waals surface area contributed by atoms with E-state index in [0.717, 1.165) is 4.47 Å². The summed E-state index contributed by atoms with van der Waals surface area (Å²) in [4.78, 5) is 10.5. The van der Waals surface area contributed by atoms with Gasteiger partial charge in [0.15, 0.2) is 0 Å². The molecule has 0 unspecified atom stereocenters. The summed E-state index contributed by atoms with van der Waals surface area (Å²) in [7, 11) is 0. The number of rotatable bonds is 4. The van der Waals surface area contributed by atoms with Gasteiger partial charge in [0.05, 0.1) is 15.6 Å². The van der Waals surface area contributed by atoms with Crippen molar-refractivity contribution in [3.63, 3.8) is 0 Å². The van der Waals surface area contributed by atoms with Crippen molar-refractivity contribution in [1.82, 2.24) is 0 Å². The molecule has 0 saturated carbocycles. The van der Waals surface area contributed by atoms with E-state index in [2.05, 4.69) is 21.2 Å². The molecule has 0 aliphatic rings. The third kappa shape index (κ3) is 3.46. The van der Waals surface area contributed by atoms with Crippen LogP contribution in [0.2, 0.25) is 5.02 Å². The van der Waals surface area contributed by atoms with Crippen molar-refractivity contribution in [2.75, 3.05) is 5.32 Å². The normalized spacial score (nSPS) is 10.3. The van der Waals surface area contributed by atoms with Crippen LogP contribution in [0.4, 0.5) is 15.8 Å². The molecule has 20 heavy (non-hydrogen) atoms. The molecule has 0 aliphatic heterocycles. The fourth-order valence-electron chi connectivity index (χ4n) is 1.70. The molecule has 0 saturated heterocycles. The monoisotopic (exact) mass is 358 g/mol. The number of hydrogen-bond donors (Lipinski definition) is 1. The number of nitrogens with one attached hydrogen (secondary N) is 1. The van der Waals surface area contributed by atoms with Gasteiger partial charge in [-0.2, -0.15) is 0 Å². The molecule has 1 N–H and O–H groups in total. The standard InChI is InChI=1S/C13H9BrClFN2O2/c14-9-1-4-13(18(19)20)8(5-9)7-17-12-3-2-10(16)6-11(12)15/h1-6,17H,7H2. The minimum absolute atomic E-state index is 0.0129. The maximum absolute atomic E-state index is 12.9. The molecule has 4 nitrogen and oxygen atoms in total. The van der Waals surface area contributed by atoms with Gasteiger partial charge in [0.2, 0.25) is 0 Å². The average molecular weight is 360 g/mol. The molecule has 2 rings (SSSR count). The molecule has 0 spiro atoms. The van der Waals surface area contributed by atoms with E-state index in [-0.39, 0.29) is 17.3 Å². The Morgan fingerprint density at radius 1 is 1.30 bits per heavy atom. The lowest BCUT2D eigenvalue weighted by Gasteiger charge is -2.09. The Bertz CT molecular complexity index is 667. The van der Waals surface area contributed by atoms with Gasteiger partial charge in [-0.15, -0.1) is 0 Å². The highest BCUT2D eigenvalue weighted by molar-refractivity contribution is 9.10. The van der Waals surface area contributed by atoms with Crippen molar-refractivity contribution in [2.24, 2.45) is 0 Å². The zero-order valence-electron chi connectivity index (χ0n) is 10.1. The first-order chi connectivity index (χ1) is 9.47. The predicted octanol–water partition coefficient (Wildman–Crippen LogP) is 4.76. The van der Waals surface area contributed by atoms with Crippen LogP contribution in [0.3, 0.4) is 0 Å². The number of nitro groups is 1. The quantitative estimate of drug-likeness (QED) is 0.632. The van der Waals surface area contributed by atoms with E-state index in [4.69, 9.17) is 11.6 Å². The summed E-state index contributed by atoms with van der Waals surface area (Å²) < 4.78 is 13.7. The van der Waals surface area contributed by atoms with E-state index in [1.807, 2.05) is 0 Å². The van der Waals surface area contributed by atoms with Crippen LogP contribution < -0.4 is 5.32 Å². The Morgan fingerprint density at radius 2 is 2.05 bits per heavy atom. The second-order valence-corrected chi connectivity index (χ2v) is 5.33. The lowest BCUT2D eigenvalue weighted by atomic mass is 10.1. The zero-order chi connectivity index (χ0) is 14.7. The summed E-state index contributed by atoms with van der Waals surface area (Å²) >= 11 is 9.15. The average Bonchev–Trinajstić information content (AvgIpc) is 2.37.